The molecule has 2 heterocycles. The topological polar surface area (TPSA) is 108 Å². The van der Waals surface area contributed by atoms with Gasteiger partial charge in [0.25, 0.3) is 0 Å². The lowest BCUT2D eigenvalue weighted by Gasteiger charge is -2.35. The van der Waals surface area contributed by atoms with Crippen LogP contribution in [0.15, 0.2) is 42.5 Å². The zero-order valence-electron chi connectivity index (χ0n) is 22.1. The Labute approximate surface area is 216 Å². The van der Waals surface area contributed by atoms with Crippen LogP contribution in [0.5, 0.6) is 11.5 Å². The highest BCUT2D eigenvalue weighted by atomic mass is 16.5. The summed E-state index contributed by atoms with van der Waals surface area (Å²) in [5.74, 6) is 0.462. The van der Waals surface area contributed by atoms with Crippen LogP contribution < -0.4 is 14.8 Å². The summed E-state index contributed by atoms with van der Waals surface area (Å²) in [6.45, 7) is 6.53. The number of rotatable bonds is 9. The number of nitrogens with one attached hydrogen (secondary N) is 1. The van der Waals surface area contributed by atoms with Gasteiger partial charge in [-0.2, -0.15) is 0 Å². The number of benzene rings is 2. The van der Waals surface area contributed by atoms with Gasteiger partial charge in [0.15, 0.2) is 0 Å². The molecule has 1 aliphatic heterocycles. The Hall–Kier alpha value is -3.66. The molecule has 3 aromatic rings. The van der Waals surface area contributed by atoms with Crippen molar-refractivity contribution in [1.82, 2.24) is 25.2 Å². The fraction of sp³-hybridized carbons (Fsp3) is 0.481. The molecule has 1 saturated heterocycles. The minimum Gasteiger partial charge on any atom is -0.497 e. The van der Waals surface area contributed by atoms with Crippen LogP contribution in [-0.4, -0.2) is 70.7 Å². The lowest BCUT2D eigenvalue weighted by Crippen LogP contribution is -2.51. The fourth-order valence-electron chi connectivity index (χ4n) is 4.51. The quantitative estimate of drug-likeness (QED) is 0.472. The average Bonchev–Trinajstić information content (AvgIpc) is 3.52. The number of fused-ring (bicyclic) bond motifs is 1. The molecule has 4 rings (SSSR count). The fourth-order valence-corrected chi connectivity index (χ4v) is 4.51. The first-order valence-electron chi connectivity index (χ1n) is 12.4. The third-order valence-electron chi connectivity index (χ3n) is 6.20. The molecule has 2 atom stereocenters. The number of methoxy groups -OCH3 is 2. The van der Waals surface area contributed by atoms with Gasteiger partial charge >= 0.3 is 0 Å². The Kier molecular flexibility index (Phi) is 7.97. The van der Waals surface area contributed by atoms with Crippen molar-refractivity contribution in [1.29, 1.82) is 0 Å². The van der Waals surface area contributed by atoms with Gasteiger partial charge in [0.05, 0.1) is 25.8 Å². The maximum Gasteiger partial charge on any atom is 0.247 e. The van der Waals surface area contributed by atoms with Crippen molar-refractivity contribution in [3.63, 3.8) is 0 Å². The lowest BCUT2D eigenvalue weighted by molar-refractivity contribution is -0.143. The molecule has 1 N–H and O–H groups in total. The highest BCUT2D eigenvalue weighted by Crippen LogP contribution is 2.32. The first-order chi connectivity index (χ1) is 17.7. The van der Waals surface area contributed by atoms with Gasteiger partial charge in [0.2, 0.25) is 11.8 Å². The number of hydrogen-bond acceptors (Lipinski definition) is 7. The highest BCUT2D eigenvalue weighted by molar-refractivity contribution is 5.90. The van der Waals surface area contributed by atoms with Crippen LogP contribution in [0.25, 0.3) is 11.0 Å². The van der Waals surface area contributed by atoms with Crippen molar-refractivity contribution in [3.05, 3.63) is 48.0 Å². The van der Waals surface area contributed by atoms with Gasteiger partial charge < -0.3 is 24.4 Å². The molecular formula is C27H35N5O5. The Balaban J connectivity index is 1.77. The predicted octanol–water partition coefficient (Wildman–Crippen LogP) is 3.11. The molecular weight excluding hydrogens is 474 g/mol. The van der Waals surface area contributed by atoms with E-state index in [1.54, 1.807) is 42.0 Å². The summed E-state index contributed by atoms with van der Waals surface area (Å²) >= 11 is 0. The second kappa shape index (κ2) is 11.2. The van der Waals surface area contributed by atoms with E-state index in [4.69, 9.17) is 14.2 Å². The van der Waals surface area contributed by atoms with Crippen molar-refractivity contribution in [2.45, 2.75) is 57.8 Å². The molecule has 1 aromatic heterocycles. The van der Waals surface area contributed by atoms with Crippen LogP contribution in [0.1, 0.15) is 45.2 Å². The monoisotopic (exact) mass is 509 g/mol. The van der Waals surface area contributed by atoms with Gasteiger partial charge in [-0.05, 0) is 63.4 Å². The second-order valence-electron chi connectivity index (χ2n) is 10.2. The molecule has 2 aromatic carbocycles. The van der Waals surface area contributed by atoms with E-state index in [-0.39, 0.29) is 31.0 Å². The number of amides is 2. The summed E-state index contributed by atoms with van der Waals surface area (Å²) in [6.07, 6.45) is 1.55. The van der Waals surface area contributed by atoms with Crippen molar-refractivity contribution >= 4 is 22.8 Å². The van der Waals surface area contributed by atoms with E-state index in [1.807, 2.05) is 45.0 Å². The number of carbonyl (C=O) groups excluding carboxylic acids is 2. The van der Waals surface area contributed by atoms with E-state index in [2.05, 4.69) is 15.6 Å². The van der Waals surface area contributed by atoms with Crippen LogP contribution >= 0.6 is 0 Å². The molecule has 0 radical (unpaired) electrons. The molecule has 37 heavy (non-hydrogen) atoms. The van der Waals surface area contributed by atoms with Gasteiger partial charge in [-0.1, -0.05) is 17.3 Å². The smallest absolute Gasteiger partial charge is 0.247 e. The molecule has 0 spiro atoms. The standard InChI is InChI=1S/C27H35N5O5/c1-27(2,3)28-26(34)25(18-13-20(35-4)15-21(14-18)36-5)31(16-19-9-8-12-37-19)24(33)17-32-23-11-7-6-10-22(23)29-30-32/h6-7,10-11,13-15,19,25H,8-9,12,16-17H2,1-5H3,(H,28,34)/t19-,25-/m1/s1. The van der Waals surface area contributed by atoms with E-state index in [1.165, 1.54) is 0 Å². The highest BCUT2D eigenvalue weighted by Gasteiger charge is 2.36. The number of hydrogen-bond donors (Lipinski definition) is 1. The maximum absolute atomic E-state index is 14.0. The van der Waals surface area contributed by atoms with Crippen molar-refractivity contribution in [3.8, 4) is 11.5 Å². The molecule has 10 nitrogen and oxygen atoms in total. The number of nitrogens with zero attached hydrogens (tertiary/aromatic N) is 4. The van der Waals surface area contributed by atoms with Crippen molar-refractivity contribution in [2.24, 2.45) is 0 Å². The third-order valence-corrected chi connectivity index (χ3v) is 6.20. The number of para-hydroxylation sites is 1. The van der Waals surface area contributed by atoms with Crippen LogP contribution in [0.2, 0.25) is 0 Å². The van der Waals surface area contributed by atoms with Gasteiger partial charge in [0.1, 0.15) is 29.6 Å². The van der Waals surface area contributed by atoms with E-state index < -0.39 is 11.6 Å². The average molecular weight is 510 g/mol. The van der Waals surface area contributed by atoms with Gasteiger partial charge in [-0.15, -0.1) is 5.10 Å². The largest absolute Gasteiger partial charge is 0.497 e. The van der Waals surface area contributed by atoms with Gasteiger partial charge in [0, 0.05) is 24.8 Å². The minimum atomic E-state index is -0.949. The molecule has 0 unspecified atom stereocenters. The molecule has 1 aliphatic rings. The lowest BCUT2D eigenvalue weighted by atomic mass is 10.00. The minimum absolute atomic E-state index is 0.0758. The van der Waals surface area contributed by atoms with E-state index in [0.717, 1.165) is 18.4 Å². The van der Waals surface area contributed by atoms with Crippen LogP contribution in [0.3, 0.4) is 0 Å². The third kappa shape index (κ3) is 6.37. The molecule has 2 amide bonds. The van der Waals surface area contributed by atoms with Crippen LogP contribution in [0, 0.1) is 0 Å². The molecule has 198 valence electrons. The maximum atomic E-state index is 14.0. The first kappa shape index (κ1) is 26.4. The number of ether oxygens (including phenoxy) is 3. The Morgan fingerprint density at radius 3 is 2.49 bits per heavy atom. The Morgan fingerprint density at radius 2 is 1.86 bits per heavy atom. The zero-order valence-corrected chi connectivity index (χ0v) is 22.1. The summed E-state index contributed by atoms with van der Waals surface area (Å²) < 4.78 is 18.4. The number of aromatic nitrogens is 3. The molecule has 1 fully saturated rings. The van der Waals surface area contributed by atoms with Crippen LogP contribution in [-0.2, 0) is 20.9 Å². The van der Waals surface area contributed by atoms with E-state index in [9.17, 15) is 9.59 Å². The SMILES string of the molecule is COc1cc(OC)cc([C@H](C(=O)NC(C)(C)C)N(C[C@H]2CCCO2)C(=O)Cn2nnc3ccccc32)c1. The van der Waals surface area contributed by atoms with Gasteiger partial charge in [-0.25, -0.2) is 4.68 Å². The van der Waals surface area contributed by atoms with E-state index in [0.29, 0.717) is 29.2 Å². The summed E-state index contributed by atoms with van der Waals surface area (Å²) in [7, 11) is 3.10. The van der Waals surface area contributed by atoms with Crippen LogP contribution in [0.4, 0.5) is 0 Å². The zero-order chi connectivity index (χ0) is 26.6. The Morgan fingerprint density at radius 1 is 1.16 bits per heavy atom. The molecule has 0 bridgehead atoms. The second-order valence-corrected chi connectivity index (χ2v) is 10.2. The molecule has 10 heteroatoms. The van der Waals surface area contributed by atoms with E-state index >= 15 is 0 Å². The molecule has 0 aliphatic carbocycles. The predicted molar refractivity (Wildman–Crippen MR) is 138 cm³/mol. The van der Waals surface area contributed by atoms with Gasteiger partial charge in [-0.3, -0.25) is 9.59 Å². The normalized spacial score (nSPS) is 16.4. The first-order valence-corrected chi connectivity index (χ1v) is 12.4. The van der Waals surface area contributed by atoms with Crippen molar-refractivity contribution < 1.29 is 23.8 Å². The summed E-state index contributed by atoms with van der Waals surface area (Å²) in [5, 5.41) is 11.4. The number of carbonyl (C=O) groups is 2. The Bertz CT molecular complexity index is 1220. The molecule has 0 saturated carbocycles. The summed E-state index contributed by atoms with van der Waals surface area (Å²) in [5.41, 5.74) is 1.50. The van der Waals surface area contributed by atoms with Crippen molar-refractivity contribution in [2.75, 3.05) is 27.4 Å². The summed E-state index contributed by atoms with van der Waals surface area (Å²) in [4.78, 5) is 29.4. The summed E-state index contributed by atoms with van der Waals surface area (Å²) in [6, 6.07) is 11.8.